The largest absolute Gasteiger partial charge is 0.492 e. The van der Waals surface area contributed by atoms with Gasteiger partial charge >= 0.3 is 0 Å². The highest BCUT2D eigenvalue weighted by molar-refractivity contribution is 6.31. The molecular weight excluding hydrogens is 240 g/mol. The zero-order valence-corrected chi connectivity index (χ0v) is 11.0. The zero-order chi connectivity index (χ0) is 13.1. The molecular formula is C12H17ClN2O2. The quantitative estimate of drug-likeness (QED) is 0.870. The summed E-state index contributed by atoms with van der Waals surface area (Å²) in [4.78, 5) is 11.8. The maximum Gasteiger partial charge on any atom is 0.243 e. The minimum absolute atomic E-state index is 0.291. The molecule has 1 aromatic rings. The minimum atomic E-state index is -0.953. The molecule has 0 aliphatic carbocycles. The molecule has 1 rings (SSSR count). The molecule has 0 spiro atoms. The van der Waals surface area contributed by atoms with Gasteiger partial charge in [0.1, 0.15) is 5.75 Å². The Hall–Kier alpha value is -1.26. The van der Waals surface area contributed by atoms with Crippen LogP contribution < -0.4 is 15.8 Å². The summed E-state index contributed by atoms with van der Waals surface area (Å²) in [7, 11) is 0. The summed E-state index contributed by atoms with van der Waals surface area (Å²) in [5.74, 6) is 0.287. The van der Waals surface area contributed by atoms with Crippen LogP contribution in [0.4, 0.5) is 5.69 Å². The van der Waals surface area contributed by atoms with E-state index in [9.17, 15) is 4.79 Å². The van der Waals surface area contributed by atoms with Crippen molar-refractivity contribution in [2.75, 3.05) is 11.9 Å². The number of rotatable bonds is 4. The monoisotopic (exact) mass is 256 g/mol. The number of hydrogen-bond donors (Lipinski definition) is 2. The molecule has 0 saturated carbocycles. The van der Waals surface area contributed by atoms with Gasteiger partial charge < -0.3 is 15.8 Å². The molecule has 0 radical (unpaired) electrons. The van der Waals surface area contributed by atoms with Gasteiger partial charge in [-0.3, -0.25) is 4.79 Å². The normalized spacial score (nSPS) is 11.1. The molecule has 5 heteroatoms. The highest BCUT2D eigenvalue weighted by Gasteiger charge is 2.22. The van der Waals surface area contributed by atoms with Crippen molar-refractivity contribution < 1.29 is 9.53 Å². The van der Waals surface area contributed by atoms with Crippen molar-refractivity contribution >= 4 is 23.2 Å². The van der Waals surface area contributed by atoms with Crippen molar-refractivity contribution in [3.63, 3.8) is 0 Å². The average molecular weight is 257 g/mol. The lowest BCUT2D eigenvalue weighted by Crippen LogP contribution is -2.45. The Labute approximate surface area is 106 Å². The second-order valence-corrected chi connectivity index (χ2v) is 4.69. The molecule has 0 heterocycles. The lowest BCUT2D eigenvalue weighted by atomic mass is 10.1. The lowest BCUT2D eigenvalue weighted by Gasteiger charge is -2.19. The Kier molecular flexibility index (Phi) is 4.37. The van der Waals surface area contributed by atoms with Gasteiger partial charge in [0.25, 0.3) is 0 Å². The summed E-state index contributed by atoms with van der Waals surface area (Å²) in [6.07, 6.45) is 0. The molecule has 0 bridgehead atoms. The van der Waals surface area contributed by atoms with Gasteiger partial charge in [-0.05, 0) is 39.0 Å². The summed E-state index contributed by atoms with van der Waals surface area (Å²) in [5, 5.41) is 3.23. The number of halogens is 1. The van der Waals surface area contributed by atoms with Crippen molar-refractivity contribution in [2.45, 2.75) is 26.3 Å². The zero-order valence-electron chi connectivity index (χ0n) is 10.2. The molecule has 0 fully saturated rings. The molecule has 0 aliphatic heterocycles. The number of carbonyl (C=O) groups is 1. The van der Waals surface area contributed by atoms with E-state index in [0.29, 0.717) is 23.1 Å². The molecule has 3 N–H and O–H groups in total. The summed E-state index contributed by atoms with van der Waals surface area (Å²) in [6, 6.07) is 5.05. The van der Waals surface area contributed by atoms with Crippen LogP contribution in [0.5, 0.6) is 5.75 Å². The second-order valence-electron chi connectivity index (χ2n) is 4.25. The fourth-order valence-electron chi connectivity index (χ4n) is 1.16. The number of anilines is 1. The number of benzene rings is 1. The fraction of sp³-hybridized carbons (Fsp3) is 0.417. The molecule has 17 heavy (non-hydrogen) atoms. The molecule has 0 aromatic heterocycles. The maximum atomic E-state index is 11.8. The van der Waals surface area contributed by atoms with Crippen LogP contribution in [0.1, 0.15) is 20.8 Å². The van der Waals surface area contributed by atoms with Crippen LogP contribution in [0.15, 0.2) is 18.2 Å². The van der Waals surface area contributed by atoms with Gasteiger partial charge in [-0.15, -0.1) is 0 Å². The second kappa shape index (κ2) is 5.38. The first-order chi connectivity index (χ1) is 7.84. The predicted molar refractivity (Wildman–Crippen MR) is 69.5 cm³/mol. The van der Waals surface area contributed by atoms with Gasteiger partial charge in [-0.25, -0.2) is 0 Å². The van der Waals surface area contributed by atoms with Crippen LogP contribution >= 0.6 is 11.6 Å². The van der Waals surface area contributed by atoms with E-state index in [1.807, 2.05) is 6.92 Å². The standard InChI is InChI=1S/C12H17ClN2O2/c1-4-17-10-6-5-8(13)7-9(10)15-11(16)12(2,3)14/h5-7H,4,14H2,1-3H3,(H,15,16). The summed E-state index contributed by atoms with van der Waals surface area (Å²) in [5.41, 5.74) is 5.28. The summed E-state index contributed by atoms with van der Waals surface area (Å²) < 4.78 is 5.39. The number of ether oxygens (including phenoxy) is 1. The molecule has 0 atom stereocenters. The Morgan fingerprint density at radius 1 is 1.53 bits per heavy atom. The van der Waals surface area contributed by atoms with Gasteiger partial charge in [0, 0.05) is 5.02 Å². The van der Waals surface area contributed by atoms with Crippen LogP contribution in [0, 0.1) is 0 Å². The first-order valence-corrected chi connectivity index (χ1v) is 5.75. The molecule has 0 unspecified atom stereocenters. The summed E-state index contributed by atoms with van der Waals surface area (Å²) in [6.45, 7) is 5.64. The van der Waals surface area contributed by atoms with Gasteiger partial charge in [0.2, 0.25) is 5.91 Å². The third kappa shape index (κ3) is 3.91. The van der Waals surface area contributed by atoms with Crippen molar-refractivity contribution in [3.8, 4) is 5.75 Å². The number of nitrogens with two attached hydrogens (primary N) is 1. The minimum Gasteiger partial charge on any atom is -0.492 e. The highest BCUT2D eigenvalue weighted by atomic mass is 35.5. The van der Waals surface area contributed by atoms with Gasteiger partial charge in [0.15, 0.2) is 0 Å². The van der Waals surface area contributed by atoms with Gasteiger partial charge in [-0.1, -0.05) is 11.6 Å². The third-order valence-corrected chi connectivity index (χ3v) is 2.31. The molecule has 94 valence electrons. The smallest absolute Gasteiger partial charge is 0.243 e. The van der Waals surface area contributed by atoms with Crippen LogP contribution in [-0.2, 0) is 4.79 Å². The van der Waals surface area contributed by atoms with Crippen LogP contribution in [0.3, 0.4) is 0 Å². The predicted octanol–water partition coefficient (Wildman–Crippen LogP) is 2.41. The molecule has 0 aliphatic rings. The van der Waals surface area contributed by atoms with Gasteiger partial charge in [0.05, 0.1) is 17.8 Å². The van der Waals surface area contributed by atoms with E-state index >= 15 is 0 Å². The fourth-order valence-corrected chi connectivity index (χ4v) is 1.34. The number of hydrogen-bond acceptors (Lipinski definition) is 3. The first kappa shape index (κ1) is 13.8. The Morgan fingerprint density at radius 3 is 2.71 bits per heavy atom. The molecule has 1 aromatic carbocycles. The number of nitrogens with one attached hydrogen (secondary N) is 1. The first-order valence-electron chi connectivity index (χ1n) is 5.37. The third-order valence-electron chi connectivity index (χ3n) is 2.07. The van der Waals surface area contributed by atoms with Crippen molar-refractivity contribution in [1.29, 1.82) is 0 Å². The molecule has 1 amide bonds. The SMILES string of the molecule is CCOc1ccc(Cl)cc1NC(=O)C(C)(C)N. The molecule has 4 nitrogen and oxygen atoms in total. The highest BCUT2D eigenvalue weighted by Crippen LogP contribution is 2.28. The van der Waals surface area contributed by atoms with E-state index in [4.69, 9.17) is 22.1 Å². The van der Waals surface area contributed by atoms with E-state index < -0.39 is 5.54 Å². The van der Waals surface area contributed by atoms with E-state index in [1.54, 1.807) is 32.0 Å². The van der Waals surface area contributed by atoms with E-state index in [1.165, 1.54) is 0 Å². The Morgan fingerprint density at radius 2 is 2.18 bits per heavy atom. The van der Waals surface area contributed by atoms with Crippen molar-refractivity contribution in [1.82, 2.24) is 0 Å². The van der Waals surface area contributed by atoms with Crippen molar-refractivity contribution in [2.24, 2.45) is 5.73 Å². The van der Waals surface area contributed by atoms with Crippen LogP contribution in [0.25, 0.3) is 0 Å². The number of carbonyl (C=O) groups excluding carboxylic acids is 1. The maximum absolute atomic E-state index is 11.8. The van der Waals surface area contributed by atoms with E-state index in [-0.39, 0.29) is 5.91 Å². The van der Waals surface area contributed by atoms with E-state index in [0.717, 1.165) is 0 Å². The lowest BCUT2D eigenvalue weighted by molar-refractivity contribution is -0.120. The average Bonchev–Trinajstić information content (AvgIpc) is 2.21. The van der Waals surface area contributed by atoms with Crippen LogP contribution in [0.2, 0.25) is 5.02 Å². The van der Waals surface area contributed by atoms with E-state index in [2.05, 4.69) is 5.32 Å². The summed E-state index contributed by atoms with van der Waals surface area (Å²) >= 11 is 5.88. The topological polar surface area (TPSA) is 64.3 Å². The Balaban J connectivity index is 2.96. The Bertz CT molecular complexity index is 413. The number of amides is 1. The van der Waals surface area contributed by atoms with Crippen molar-refractivity contribution in [3.05, 3.63) is 23.2 Å². The van der Waals surface area contributed by atoms with Crippen LogP contribution in [-0.4, -0.2) is 18.1 Å². The van der Waals surface area contributed by atoms with Gasteiger partial charge in [-0.2, -0.15) is 0 Å². The molecule has 0 saturated heterocycles.